The summed E-state index contributed by atoms with van der Waals surface area (Å²) in [5, 5.41) is 11.9. The molecule has 11 heteroatoms. The number of amides is 1. The Morgan fingerprint density at radius 3 is 2.41 bits per heavy atom. The van der Waals surface area contributed by atoms with Crippen LogP contribution in [-0.2, 0) is 14.3 Å². The maximum atomic E-state index is 12.3. The van der Waals surface area contributed by atoms with Crippen LogP contribution in [0, 0.1) is 0 Å². The van der Waals surface area contributed by atoms with Gasteiger partial charge in [-0.3, -0.25) is 9.89 Å². The molecular weight excluding hydrogens is 416 g/mol. The fourth-order valence-corrected chi connectivity index (χ4v) is 3.59. The van der Waals surface area contributed by atoms with E-state index in [1.807, 2.05) is 17.5 Å². The second-order valence-electron chi connectivity index (χ2n) is 5.56. The molecule has 2 aromatic heterocycles. The number of rotatable bonds is 7. The van der Waals surface area contributed by atoms with Crippen molar-refractivity contribution in [2.24, 2.45) is 0 Å². The summed E-state index contributed by atoms with van der Waals surface area (Å²) in [6.07, 6.45) is 0. The SMILES string of the molecule is COC(=O)c1cc(NC(=O)CSc2n[nH]c(-c3cccs3)n2)cc(C(=O)OC)c1. The lowest BCUT2D eigenvalue weighted by Gasteiger charge is -2.09. The molecule has 29 heavy (non-hydrogen) atoms. The van der Waals surface area contributed by atoms with Crippen LogP contribution in [0.3, 0.4) is 0 Å². The van der Waals surface area contributed by atoms with Gasteiger partial charge < -0.3 is 14.8 Å². The van der Waals surface area contributed by atoms with E-state index in [1.165, 1.54) is 43.8 Å². The first-order valence-electron chi connectivity index (χ1n) is 8.21. The topological polar surface area (TPSA) is 123 Å². The Morgan fingerprint density at radius 1 is 1.14 bits per heavy atom. The number of benzene rings is 1. The van der Waals surface area contributed by atoms with Gasteiger partial charge >= 0.3 is 11.9 Å². The number of nitrogens with one attached hydrogen (secondary N) is 2. The van der Waals surface area contributed by atoms with Gasteiger partial charge in [-0.2, -0.15) is 0 Å². The third-order valence-electron chi connectivity index (χ3n) is 3.61. The number of hydrogen-bond acceptors (Lipinski definition) is 9. The standard InChI is InChI=1S/C18H16N4O5S2/c1-26-16(24)10-6-11(17(25)27-2)8-12(7-10)19-14(23)9-29-18-20-15(21-22-18)13-4-3-5-28-13/h3-8H,9H2,1-2H3,(H,19,23)(H,20,21,22). The van der Waals surface area contributed by atoms with Crippen molar-refractivity contribution in [3.8, 4) is 10.7 Å². The third kappa shape index (κ3) is 5.21. The Balaban J connectivity index is 1.66. The molecule has 150 valence electrons. The fraction of sp³-hybridized carbons (Fsp3) is 0.167. The van der Waals surface area contributed by atoms with Crippen molar-refractivity contribution in [3.63, 3.8) is 0 Å². The summed E-state index contributed by atoms with van der Waals surface area (Å²) >= 11 is 2.68. The summed E-state index contributed by atoms with van der Waals surface area (Å²) in [7, 11) is 2.45. The van der Waals surface area contributed by atoms with Crippen LogP contribution in [0.1, 0.15) is 20.7 Å². The zero-order chi connectivity index (χ0) is 20.8. The quantitative estimate of drug-likeness (QED) is 0.432. The number of carbonyl (C=O) groups excluding carboxylic acids is 3. The van der Waals surface area contributed by atoms with E-state index in [1.54, 1.807) is 0 Å². The summed E-state index contributed by atoms with van der Waals surface area (Å²) in [4.78, 5) is 41.2. The largest absolute Gasteiger partial charge is 0.465 e. The number of thiophene rings is 1. The van der Waals surface area contributed by atoms with Crippen LogP contribution in [0.4, 0.5) is 5.69 Å². The predicted molar refractivity (Wildman–Crippen MR) is 108 cm³/mol. The van der Waals surface area contributed by atoms with E-state index in [0.29, 0.717) is 11.0 Å². The normalized spacial score (nSPS) is 10.4. The maximum absolute atomic E-state index is 12.3. The molecule has 1 amide bonds. The first-order chi connectivity index (χ1) is 14.0. The average Bonchev–Trinajstić information content (AvgIpc) is 3.42. The van der Waals surface area contributed by atoms with Gasteiger partial charge in [-0.05, 0) is 29.6 Å². The van der Waals surface area contributed by atoms with Crippen LogP contribution in [0.5, 0.6) is 0 Å². The van der Waals surface area contributed by atoms with E-state index in [-0.39, 0.29) is 28.5 Å². The molecule has 0 bridgehead atoms. The molecule has 0 spiro atoms. The number of esters is 2. The van der Waals surface area contributed by atoms with E-state index >= 15 is 0 Å². The summed E-state index contributed by atoms with van der Waals surface area (Å²) in [6.45, 7) is 0. The van der Waals surface area contributed by atoms with E-state index in [2.05, 4.69) is 30.0 Å². The fourth-order valence-electron chi connectivity index (χ4n) is 2.33. The van der Waals surface area contributed by atoms with Crippen LogP contribution in [-0.4, -0.2) is 53.0 Å². The van der Waals surface area contributed by atoms with Crippen molar-refractivity contribution in [1.82, 2.24) is 15.2 Å². The number of thioether (sulfide) groups is 1. The molecule has 9 nitrogen and oxygen atoms in total. The van der Waals surface area contributed by atoms with Gasteiger partial charge in [0.25, 0.3) is 0 Å². The van der Waals surface area contributed by atoms with E-state index in [0.717, 1.165) is 16.6 Å². The Hall–Kier alpha value is -3.18. The summed E-state index contributed by atoms with van der Waals surface area (Å²) in [6, 6.07) is 8.00. The van der Waals surface area contributed by atoms with Crippen molar-refractivity contribution in [2.75, 3.05) is 25.3 Å². The van der Waals surface area contributed by atoms with Crippen molar-refractivity contribution in [1.29, 1.82) is 0 Å². The number of carbonyl (C=O) groups is 3. The molecule has 3 rings (SSSR count). The molecule has 2 heterocycles. The summed E-state index contributed by atoms with van der Waals surface area (Å²) < 4.78 is 9.35. The lowest BCUT2D eigenvalue weighted by Crippen LogP contribution is -2.16. The van der Waals surface area contributed by atoms with Crippen molar-refractivity contribution in [3.05, 3.63) is 46.8 Å². The molecule has 0 radical (unpaired) electrons. The van der Waals surface area contributed by atoms with Crippen LogP contribution >= 0.6 is 23.1 Å². The highest BCUT2D eigenvalue weighted by Crippen LogP contribution is 2.23. The number of nitrogens with zero attached hydrogens (tertiary/aromatic N) is 2. The van der Waals surface area contributed by atoms with Crippen molar-refractivity contribution in [2.45, 2.75) is 5.16 Å². The Labute approximate surface area is 173 Å². The van der Waals surface area contributed by atoms with Crippen LogP contribution < -0.4 is 5.32 Å². The molecule has 1 aromatic carbocycles. The molecular formula is C18H16N4O5S2. The van der Waals surface area contributed by atoms with Crippen molar-refractivity contribution < 1.29 is 23.9 Å². The van der Waals surface area contributed by atoms with Gasteiger partial charge in [0, 0.05) is 5.69 Å². The monoisotopic (exact) mass is 432 g/mol. The number of ether oxygens (including phenoxy) is 2. The molecule has 3 aromatic rings. The van der Waals surface area contributed by atoms with Crippen LogP contribution in [0.25, 0.3) is 10.7 Å². The molecule has 0 saturated carbocycles. The molecule has 2 N–H and O–H groups in total. The molecule has 0 atom stereocenters. The van der Waals surface area contributed by atoms with Gasteiger partial charge in [-0.1, -0.05) is 17.8 Å². The molecule has 0 saturated heterocycles. The van der Waals surface area contributed by atoms with E-state index < -0.39 is 11.9 Å². The molecule has 0 aliphatic carbocycles. The first kappa shape index (κ1) is 20.6. The Kier molecular flexibility index (Phi) is 6.62. The third-order valence-corrected chi connectivity index (χ3v) is 5.33. The van der Waals surface area contributed by atoms with Crippen LogP contribution in [0.15, 0.2) is 40.9 Å². The number of anilines is 1. The number of hydrogen-bond donors (Lipinski definition) is 2. The molecule has 0 fully saturated rings. The van der Waals surface area contributed by atoms with Gasteiger partial charge in [0.15, 0.2) is 5.82 Å². The zero-order valence-electron chi connectivity index (χ0n) is 15.4. The van der Waals surface area contributed by atoms with Crippen LogP contribution in [0.2, 0.25) is 0 Å². The maximum Gasteiger partial charge on any atom is 0.337 e. The van der Waals surface area contributed by atoms with Gasteiger partial charge in [0.05, 0.1) is 36.0 Å². The molecule has 0 aliphatic rings. The minimum absolute atomic E-state index is 0.0394. The molecule has 0 aliphatic heterocycles. The highest BCUT2D eigenvalue weighted by atomic mass is 32.2. The Bertz CT molecular complexity index is 999. The molecule has 0 unspecified atom stereocenters. The Morgan fingerprint density at radius 2 is 1.83 bits per heavy atom. The lowest BCUT2D eigenvalue weighted by molar-refractivity contribution is -0.113. The number of H-pyrrole nitrogens is 1. The van der Waals surface area contributed by atoms with Gasteiger partial charge in [-0.15, -0.1) is 16.4 Å². The number of methoxy groups -OCH3 is 2. The van der Waals surface area contributed by atoms with Gasteiger partial charge in [-0.25, -0.2) is 14.6 Å². The number of aromatic amines is 1. The van der Waals surface area contributed by atoms with E-state index in [9.17, 15) is 14.4 Å². The lowest BCUT2D eigenvalue weighted by atomic mass is 10.1. The second kappa shape index (κ2) is 9.34. The highest BCUT2D eigenvalue weighted by Gasteiger charge is 2.16. The van der Waals surface area contributed by atoms with E-state index in [4.69, 9.17) is 0 Å². The summed E-state index contributed by atoms with van der Waals surface area (Å²) in [5.74, 6) is -0.950. The van der Waals surface area contributed by atoms with Gasteiger partial charge in [0.2, 0.25) is 11.1 Å². The minimum Gasteiger partial charge on any atom is -0.465 e. The second-order valence-corrected chi connectivity index (χ2v) is 7.45. The highest BCUT2D eigenvalue weighted by molar-refractivity contribution is 7.99. The minimum atomic E-state index is -0.637. The summed E-state index contributed by atoms with van der Waals surface area (Å²) in [5.41, 5.74) is 0.508. The zero-order valence-corrected chi connectivity index (χ0v) is 17.1. The first-order valence-corrected chi connectivity index (χ1v) is 10.1. The average molecular weight is 432 g/mol. The van der Waals surface area contributed by atoms with Crippen molar-refractivity contribution >= 4 is 46.6 Å². The van der Waals surface area contributed by atoms with Gasteiger partial charge in [0.1, 0.15) is 0 Å². The number of aromatic nitrogens is 3. The predicted octanol–water partition coefficient (Wildman–Crippen LogP) is 2.84. The smallest absolute Gasteiger partial charge is 0.337 e.